The summed E-state index contributed by atoms with van der Waals surface area (Å²) in [6.45, 7) is 6.23. The summed E-state index contributed by atoms with van der Waals surface area (Å²) in [6, 6.07) is 4.31. The van der Waals surface area contributed by atoms with Crippen LogP contribution in [0.15, 0.2) is 24.4 Å². The largest absolute Gasteiger partial charge is 0.365 e. The van der Waals surface area contributed by atoms with Gasteiger partial charge in [0.1, 0.15) is 32.6 Å². The van der Waals surface area contributed by atoms with Crippen LogP contribution >= 0.6 is 0 Å². The standard InChI is InChI=1S/C22H25FN6O3S/c1-22(2,3)19-18(26-17-14(20(24)30)11-25-21(17)27-19)16-13-7-6-12(23)10-15(13)29(28-16)8-5-9-33(4,31)32/h6-7,10-11H,5,8-9H2,1-4H3,(H2,24,30)(H,25,27). The molecule has 4 rings (SSSR count). The summed E-state index contributed by atoms with van der Waals surface area (Å²) in [5.74, 6) is -1.08. The Bertz CT molecular complexity index is 1500. The van der Waals surface area contributed by atoms with E-state index in [0.29, 0.717) is 45.6 Å². The zero-order valence-electron chi connectivity index (χ0n) is 18.8. The molecule has 11 heteroatoms. The molecule has 33 heavy (non-hydrogen) atoms. The molecule has 0 spiro atoms. The van der Waals surface area contributed by atoms with Gasteiger partial charge in [0.15, 0.2) is 5.65 Å². The number of aromatic nitrogens is 5. The van der Waals surface area contributed by atoms with Gasteiger partial charge in [-0.1, -0.05) is 20.8 Å². The van der Waals surface area contributed by atoms with E-state index in [2.05, 4.69) is 10.1 Å². The van der Waals surface area contributed by atoms with Crippen LogP contribution in [0.3, 0.4) is 0 Å². The van der Waals surface area contributed by atoms with Crippen LogP contribution in [0.1, 0.15) is 43.2 Å². The first-order valence-corrected chi connectivity index (χ1v) is 12.4. The van der Waals surface area contributed by atoms with Crippen molar-refractivity contribution < 1.29 is 17.6 Å². The molecule has 0 saturated carbocycles. The molecule has 9 nitrogen and oxygen atoms in total. The lowest BCUT2D eigenvalue weighted by Crippen LogP contribution is -2.17. The lowest BCUT2D eigenvalue weighted by atomic mass is 9.89. The van der Waals surface area contributed by atoms with Gasteiger partial charge in [0, 0.05) is 29.8 Å². The van der Waals surface area contributed by atoms with Gasteiger partial charge in [0.05, 0.1) is 22.5 Å². The number of amides is 1. The van der Waals surface area contributed by atoms with Crippen LogP contribution in [0, 0.1) is 5.82 Å². The molecule has 1 aromatic carbocycles. The van der Waals surface area contributed by atoms with Crippen molar-refractivity contribution in [2.75, 3.05) is 12.0 Å². The third kappa shape index (κ3) is 4.45. The lowest BCUT2D eigenvalue weighted by Gasteiger charge is -2.20. The quantitative estimate of drug-likeness (QED) is 0.443. The van der Waals surface area contributed by atoms with Crippen LogP contribution < -0.4 is 5.73 Å². The van der Waals surface area contributed by atoms with Crippen LogP contribution in [0.2, 0.25) is 0 Å². The SMILES string of the molecule is CC(C)(C)c1nc2[nH]cc(C(N)=O)c2nc1-c1nn(CCCS(C)(=O)=O)c2cc(F)ccc12. The highest BCUT2D eigenvalue weighted by molar-refractivity contribution is 7.90. The Hall–Kier alpha value is -3.34. The summed E-state index contributed by atoms with van der Waals surface area (Å²) in [4.78, 5) is 24.3. The Morgan fingerprint density at radius 1 is 1.21 bits per heavy atom. The molecule has 0 radical (unpaired) electrons. The Balaban J connectivity index is 1.96. The molecule has 0 aliphatic rings. The maximum absolute atomic E-state index is 14.1. The number of fused-ring (bicyclic) bond motifs is 2. The topological polar surface area (TPSA) is 137 Å². The van der Waals surface area contributed by atoms with Crippen molar-refractivity contribution >= 4 is 37.8 Å². The average molecular weight is 473 g/mol. The lowest BCUT2D eigenvalue weighted by molar-refractivity contribution is 0.100. The predicted octanol–water partition coefficient (Wildman–Crippen LogP) is 2.94. The molecular formula is C22H25FN6O3S. The first-order valence-electron chi connectivity index (χ1n) is 10.4. The fourth-order valence-corrected chi connectivity index (χ4v) is 4.43. The van der Waals surface area contributed by atoms with Crippen molar-refractivity contribution in [1.29, 1.82) is 0 Å². The number of primary amides is 1. The van der Waals surface area contributed by atoms with E-state index in [-0.39, 0.29) is 17.9 Å². The van der Waals surface area contributed by atoms with Gasteiger partial charge in [-0.2, -0.15) is 5.10 Å². The molecule has 3 heterocycles. The monoisotopic (exact) mass is 472 g/mol. The van der Waals surface area contributed by atoms with E-state index < -0.39 is 27.0 Å². The molecule has 0 atom stereocenters. The fraction of sp³-hybridized carbons (Fsp3) is 0.364. The second-order valence-electron chi connectivity index (χ2n) is 9.15. The number of carbonyl (C=O) groups is 1. The number of hydrogen-bond donors (Lipinski definition) is 2. The number of aryl methyl sites for hydroxylation is 1. The highest BCUT2D eigenvalue weighted by atomic mass is 32.2. The molecule has 3 aromatic heterocycles. The van der Waals surface area contributed by atoms with E-state index in [0.717, 1.165) is 0 Å². The molecule has 0 aliphatic heterocycles. The smallest absolute Gasteiger partial charge is 0.252 e. The Labute approximate surface area is 190 Å². The Kier molecular flexibility index (Phi) is 5.47. The van der Waals surface area contributed by atoms with Gasteiger partial charge in [0.2, 0.25) is 0 Å². The van der Waals surface area contributed by atoms with Gasteiger partial charge >= 0.3 is 0 Å². The minimum atomic E-state index is -3.14. The Morgan fingerprint density at radius 2 is 1.94 bits per heavy atom. The molecule has 0 bridgehead atoms. The normalized spacial score (nSPS) is 12.6. The summed E-state index contributed by atoms with van der Waals surface area (Å²) in [6.07, 6.45) is 2.97. The van der Waals surface area contributed by atoms with Gasteiger partial charge in [-0.15, -0.1) is 0 Å². The van der Waals surface area contributed by atoms with Crippen molar-refractivity contribution in [2.24, 2.45) is 5.73 Å². The maximum Gasteiger partial charge on any atom is 0.252 e. The number of nitrogens with one attached hydrogen (secondary N) is 1. The molecule has 3 N–H and O–H groups in total. The van der Waals surface area contributed by atoms with Crippen LogP contribution in [0.5, 0.6) is 0 Å². The Morgan fingerprint density at radius 3 is 2.58 bits per heavy atom. The summed E-state index contributed by atoms with van der Waals surface area (Å²) >= 11 is 0. The van der Waals surface area contributed by atoms with Crippen LogP contribution in [-0.2, 0) is 21.8 Å². The minimum Gasteiger partial charge on any atom is -0.365 e. The van der Waals surface area contributed by atoms with Crippen molar-refractivity contribution in [1.82, 2.24) is 24.7 Å². The number of hydrogen-bond acceptors (Lipinski definition) is 6. The predicted molar refractivity (Wildman–Crippen MR) is 124 cm³/mol. The first-order chi connectivity index (χ1) is 15.3. The van der Waals surface area contributed by atoms with Gasteiger partial charge in [-0.3, -0.25) is 9.48 Å². The van der Waals surface area contributed by atoms with Gasteiger partial charge in [-0.25, -0.2) is 22.8 Å². The van der Waals surface area contributed by atoms with Crippen LogP contribution in [-0.4, -0.2) is 51.1 Å². The highest BCUT2D eigenvalue weighted by Gasteiger charge is 2.28. The molecule has 1 amide bonds. The number of aromatic amines is 1. The summed E-state index contributed by atoms with van der Waals surface area (Å²) in [7, 11) is -3.14. The molecule has 0 aliphatic carbocycles. The third-order valence-corrected chi connectivity index (χ3v) is 6.33. The number of carbonyl (C=O) groups excluding carboxylic acids is 1. The first kappa shape index (κ1) is 22.8. The molecule has 0 fully saturated rings. The van der Waals surface area contributed by atoms with Crippen LogP contribution in [0.25, 0.3) is 33.5 Å². The molecular weight excluding hydrogens is 447 g/mol. The zero-order valence-corrected chi connectivity index (χ0v) is 19.6. The van der Waals surface area contributed by atoms with E-state index >= 15 is 0 Å². The van der Waals surface area contributed by atoms with E-state index in [4.69, 9.17) is 15.7 Å². The zero-order chi connectivity index (χ0) is 24.1. The summed E-state index contributed by atoms with van der Waals surface area (Å²) < 4.78 is 38.8. The van der Waals surface area contributed by atoms with Gasteiger partial charge in [0.25, 0.3) is 5.91 Å². The van der Waals surface area contributed by atoms with E-state index in [9.17, 15) is 17.6 Å². The second kappa shape index (κ2) is 7.91. The maximum atomic E-state index is 14.1. The third-order valence-electron chi connectivity index (χ3n) is 5.30. The van der Waals surface area contributed by atoms with E-state index in [1.807, 2.05) is 20.8 Å². The average Bonchev–Trinajstić information content (AvgIpc) is 3.26. The fourth-order valence-electron chi connectivity index (χ4n) is 3.78. The highest BCUT2D eigenvalue weighted by Crippen LogP contribution is 2.35. The van der Waals surface area contributed by atoms with Crippen molar-refractivity contribution in [2.45, 2.75) is 39.2 Å². The van der Waals surface area contributed by atoms with Crippen LogP contribution in [0.4, 0.5) is 4.39 Å². The number of sulfone groups is 1. The number of nitrogens with two attached hydrogens (primary N) is 1. The minimum absolute atomic E-state index is 0.0106. The summed E-state index contributed by atoms with van der Waals surface area (Å²) in [5, 5.41) is 5.33. The number of benzene rings is 1. The molecule has 174 valence electrons. The van der Waals surface area contributed by atoms with Crippen molar-refractivity contribution in [3.05, 3.63) is 41.5 Å². The second-order valence-corrected chi connectivity index (χ2v) is 11.4. The van der Waals surface area contributed by atoms with E-state index in [1.54, 1.807) is 10.7 Å². The van der Waals surface area contributed by atoms with Crippen molar-refractivity contribution in [3.8, 4) is 11.4 Å². The molecule has 4 aromatic rings. The van der Waals surface area contributed by atoms with Gasteiger partial charge in [-0.05, 0) is 24.6 Å². The van der Waals surface area contributed by atoms with E-state index in [1.165, 1.54) is 24.6 Å². The molecule has 0 saturated heterocycles. The number of nitrogens with zero attached hydrogens (tertiary/aromatic N) is 4. The number of rotatable bonds is 6. The number of halogens is 1. The van der Waals surface area contributed by atoms with Gasteiger partial charge < -0.3 is 10.7 Å². The molecule has 0 unspecified atom stereocenters. The number of H-pyrrole nitrogens is 1. The summed E-state index contributed by atoms with van der Waals surface area (Å²) in [5.41, 5.74) is 8.12. The van der Waals surface area contributed by atoms with Crippen molar-refractivity contribution in [3.63, 3.8) is 0 Å².